The summed E-state index contributed by atoms with van der Waals surface area (Å²) in [5.74, 6) is 0.526. The number of amides is 1. The number of pyridine rings is 1. The van der Waals surface area contributed by atoms with Gasteiger partial charge in [-0.1, -0.05) is 18.2 Å². The number of aromatic nitrogens is 5. The van der Waals surface area contributed by atoms with E-state index in [1.807, 2.05) is 43.5 Å². The molecule has 0 aliphatic rings. The highest BCUT2D eigenvalue weighted by molar-refractivity contribution is 6.08. The van der Waals surface area contributed by atoms with E-state index in [0.29, 0.717) is 17.1 Å². The molecule has 0 aliphatic carbocycles. The Morgan fingerprint density at radius 2 is 1.96 bits per heavy atom. The van der Waals surface area contributed by atoms with Crippen LogP contribution in [0, 0.1) is 6.92 Å². The van der Waals surface area contributed by atoms with Crippen LogP contribution in [0.15, 0.2) is 55.0 Å². The van der Waals surface area contributed by atoms with Gasteiger partial charge in [-0.15, -0.1) is 0 Å². The Kier molecular flexibility index (Phi) is 3.53. The lowest BCUT2D eigenvalue weighted by Gasteiger charge is -2.09. The molecule has 3 aromatic heterocycles. The largest absolute Gasteiger partial charge is 0.319 e. The molecular formula is C18H16N6O. The molecule has 0 bridgehead atoms. The molecule has 0 fully saturated rings. The summed E-state index contributed by atoms with van der Waals surface area (Å²) in [6, 6.07) is 11.3. The van der Waals surface area contributed by atoms with Gasteiger partial charge in [0.2, 0.25) is 0 Å². The smallest absolute Gasteiger partial charge is 0.256 e. The minimum Gasteiger partial charge on any atom is -0.319 e. The summed E-state index contributed by atoms with van der Waals surface area (Å²) in [5, 5.41) is 11.3. The summed E-state index contributed by atoms with van der Waals surface area (Å²) >= 11 is 0. The van der Waals surface area contributed by atoms with Crippen molar-refractivity contribution >= 4 is 17.2 Å². The lowest BCUT2D eigenvalue weighted by Crippen LogP contribution is -2.12. The number of fused-ring (bicyclic) bond motifs is 1. The molecular weight excluding hydrogens is 316 g/mol. The van der Waals surface area contributed by atoms with E-state index in [-0.39, 0.29) is 5.91 Å². The quantitative estimate of drug-likeness (QED) is 0.626. The molecule has 0 spiro atoms. The number of aryl methyl sites for hydroxylation is 2. The van der Waals surface area contributed by atoms with Crippen molar-refractivity contribution in [1.82, 2.24) is 24.4 Å². The molecule has 25 heavy (non-hydrogen) atoms. The van der Waals surface area contributed by atoms with Crippen LogP contribution in [-0.4, -0.2) is 30.3 Å². The van der Waals surface area contributed by atoms with Crippen molar-refractivity contribution in [3.8, 4) is 11.1 Å². The molecule has 0 saturated carbocycles. The molecule has 0 saturated heterocycles. The fourth-order valence-electron chi connectivity index (χ4n) is 2.77. The zero-order chi connectivity index (χ0) is 17.4. The summed E-state index contributed by atoms with van der Waals surface area (Å²) in [6.07, 6.45) is 5.25. The van der Waals surface area contributed by atoms with Crippen LogP contribution in [0.4, 0.5) is 5.69 Å². The topological polar surface area (TPSA) is 77.1 Å². The Balaban J connectivity index is 1.73. The number of rotatable bonds is 3. The number of hydrogen-bond donors (Lipinski definition) is 1. The average Bonchev–Trinajstić information content (AvgIpc) is 3.18. The summed E-state index contributed by atoms with van der Waals surface area (Å²) in [4.78, 5) is 17.0. The third kappa shape index (κ3) is 2.87. The Bertz CT molecular complexity index is 1080. The Morgan fingerprint density at radius 3 is 2.76 bits per heavy atom. The lowest BCUT2D eigenvalue weighted by molar-refractivity contribution is 0.102. The Hall–Kier alpha value is -3.48. The molecule has 1 N–H and O–H groups in total. The van der Waals surface area contributed by atoms with Crippen LogP contribution >= 0.6 is 0 Å². The first-order valence-corrected chi connectivity index (χ1v) is 7.82. The van der Waals surface area contributed by atoms with Gasteiger partial charge >= 0.3 is 0 Å². The molecule has 0 atom stereocenters. The van der Waals surface area contributed by atoms with Gasteiger partial charge < -0.3 is 5.32 Å². The number of nitrogens with zero attached hydrogens (tertiary/aromatic N) is 5. The molecule has 0 aliphatic heterocycles. The number of carbonyl (C=O) groups is 1. The number of benzene rings is 1. The van der Waals surface area contributed by atoms with Crippen LogP contribution in [0.5, 0.6) is 0 Å². The first-order chi connectivity index (χ1) is 12.1. The Morgan fingerprint density at radius 1 is 1.12 bits per heavy atom. The van der Waals surface area contributed by atoms with Gasteiger partial charge in [-0.3, -0.25) is 9.48 Å². The van der Waals surface area contributed by atoms with Gasteiger partial charge in [0.05, 0.1) is 11.9 Å². The third-order valence-electron chi connectivity index (χ3n) is 3.88. The molecule has 124 valence electrons. The maximum atomic E-state index is 12.7. The minimum atomic E-state index is -0.182. The van der Waals surface area contributed by atoms with E-state index in [9.17, 15) is 4.79 Å². The van der Waals surface area contributed by atoms with Crippen molar-refractivity contribution in [1.29, 1.82) is 0 Å². The van der Waals surface area contributed by atoms with Crippen molar-refractivity contribution in [2.45, 2.75) is 6.92 Å². The van der Waals surface area contributed by atoms with Crippen LogP contribution in [0.1, 0.15) is 16.2 Å². The highest BCUT2D eigenvalue weighted by atomic mass is 16.1. The summed E-state index contributed by atoms with van der Waals surface area (Å²) in [7, 11) is 1.80. The summed E-state index contributed by atoms with van der Waals surface area (Å²) < 4.78 is 3.36. The molecule has 0 unspecified atom stereocenters. The lowest BCUT2D eigenvalue weighted by atomic mass is 10.0. The monoisotopic (exact) mass is 332 g/mol. The number of hydrogen-bond acceptors (Lipinski definition) is 4. The van der Waals surface area contributed by atoms with Crippen LogP contribution in [0.2, 0.25) is 0 Å². The average molecular weight is 332 g/mol. The second-order valence-electron chi connectivity index (χ2n) is 5.78. The predicted octanol–water partition coefficient (Wildman–Crippen LogP) is 2.69. The third-order valence-corrected chi connectivity index (χ3v) is 3.88. The van der Waals surface area contributed by atoms with Crippen LogP contribution in [0.3, 0.4) is 0 Å². The molecule has 7 heteroatoms. The van der Waals surface area contributed by atoms with E-state index in [0.717, 1.165) is 16.8 Å². The van der Waals surface area contributed by atoms with E-state index < -0.39 is 0 Å². The van der Waals surface area contributed by atoms with Crippen molar-refractivity contribution in [2.75, 3.05) is 5.32 Å². The standard InChI is InChI=1S/C18H16N6O/c1-12-20-17-8-7-13(10-24(17)22-12)15-5-3-4-6-16(15)18(25)21-14-9-19-23(2)11-14/h3-11H,1-2H3,(H,21,25). The normalized spacial score (nSPS) is 11.0. The second-order valence-corrected chi connectivity index (χ2v) is 5.78. The predicted molar refractivity (Wildman–Crippen MR) is 94.3 cm³/mol. The second kappa shape index (κ2) is 5.86. The summed E-state index contributed by atoms with van der Waals surface area (Å²) in [6.45, 7) is 1.85. The van der Waals surface area contributed by atoms with Gasteiger partial charge in [0.1, 0.15) is 5.82 Å². The number of nitrogens with one attached hydrogen (secondary N) is 1. The molecule has 0 radical (unpaired) electrons. The van der Waals surface area contributed by atoms with E-state index in [1.165, 1.54) is 0 Å². The fourth-order valence-corrected chi connectivity index (χ4v) is 2.77. The molecule has 4 aromatic rings. The highest BCUT2D eigenvalue weighted by Gasteiger charge is 2.14. The maximum absolute atomic E-state index is 12.7. The zero-order valence-corrected chi connectivity index (χ0v) is 13.8. The molecule has 4 rings (SSSR count). The molecule has 1 aromatic carbocycles. The van der Waals surface area contributed by atoms with Crippen molar-refractivity contribution in [2.24, 2.45) is 7.05 Å². The zero-order valence-electron chi connectivity index (χ0n) is 13.8. The van der Waals surface area contributed by atoms with Gasteiger partial charge in [-0.2, -0.15) is 10.2 Å². The Labute approximate surface area is 143 Å². The van der Waals surface area contributed by atoms with Gasteiger partial charge in [0, 0.05) is 30.6 Å². The van der Waals surface area contributed by atoms with Crippen LogP contribution in [-0.2, 0) is 7.05 Å². The fraction of sp³-hybridized carbons (Fsp3) is 0.111. The number of anilines is 1. The number of carbonyl (C=O) groups excluding carboxylic acids is 1. The van der Waals surface area contributed by atoms with Gasteiger partial charge in [-0.05, 0) is 30.7 Å². The SMILES string of the molecule is Cc1nc2ccc(-c3ccccc3C(=O)Nc3cnn(C)c3)cn2n1. The van der Waals surface area contributed by atoms with E-state index in [1.54, 1.807) is 34.7 Å². The summed E-state index contributed by atoms with van der Waals surface area (Å²) in [5.41, 5.74) is 3.75. The first kappa shape index (κ1) is 15.1. The minimum absolute atomic E-state index is 0.182. The maximum Gasteiger partial charge on any atom is 0.256 e. The van der Waals surface area contributed by atoms with Crippen LogP contribution < -0.4 is 5.32 Å². The molecule has 3 heterocycles. The van der Waals surface area contributed by atoms with Crippen molar-refractivity contribution in [3.63, 3.8) is 0 Å². The first-order valence-electron chi connectivity index (χ1n) is 7.82. The van der Waals surface area contributed by atoms with Crippen molar-refractivity contribution < 1.29 is 4.79 Å². The van der Waals surface area contributed by atoms with Gasteiger partial charge in [0.15, 0.2) is 5.65 Å². The van der Waals surface area contributed by atoms with Crippen molar-refractivity contribution in [3.05, 3.63) is 66.4 Å². The van der Waals surface area contributed by atoms with Crippen LogP contribution in [0.25, 0.3) is 16.8 Å². The van der Waals surface area contributed by atoms with Gasteiger partial charge in [-0.25, -0.2) is 9.50 Å². The molecule has 1 amide bonds. The van der Waals surface area contributed by atoms with E-state index >= 15 is 0 Å². The van der Waals surface area contributed by atoms with Gasteiger partial charge in [0.25, 0.3) is 5.91 Å². The molecule has 7 nitrogen and oxygen atoms in total. The van der Waals surface area contributed by atoms with E-state index in [2.05, 4.69) is 20.5 Å². The highest BCUT2D eigenvalue weighted by Crippen LogP contribution is 2.25. The van der Waals surface area contributed by atoms with E-state index in [4.69, 9.17) is 0 Å².